The Bertz CT molecular complexity index is 211. The van der Waals surface area contributed by atoms with Crippen molar-refractivity contribution in [2.24, 2.45) is 11.8 Å². The van der Waals surface area contributed by atoms with Gasteiger partial charge in [-0.3, -0.25) is 4.79 Å². The van der Waals surface area contributed by atoms with Crippen LogP contribution in [0.5, 0.6) is 0 Å². The minimum Gasteiger partial charge on any atom is -0.481 e. The van der Waals surface area contributed by atoms with Gasteiger partial charge in [-0.2, -0.15) is 0 Å². The largest absolute Gasteiger partial charge is 0.481 e. The molecule has 1 saturated carbocycles. The molecule has 0 spiro atoms. The van der Waals surface area contributed by atoms with Crippen molar-refractivity contribution < 1.29 is 9.90 Å². The predicted octanol–water partition coefficient (Wildman–Crippen LogP) is 3.06. The molecule has 1 fully saturated rings. The highest BCUT2D eigenvalue weighted by molar-refractivity contribution is 5.85. The highest BCUT2D eigenvalue weighted by Gasteiger charge is 2.31. The molecule has 1 rings (SSSR count). The van der Waals surface area contributed by atoms with Crippen molar-refractivity contribution >= 4 is 30.8 Å². The maximum Gasteiger partial charge on any atom is 0.306 e. The first-order valence-corrected chi connectivity index (χ1v) is 6.14. The minimum absolute atomic E-state index is 0. The average Bonchev–Trinajstić information content (AvgIpc) is 2.26. The lowest BCUT2D eigenvalue weighted by molar-refractivity contribution is -0.145. The van der Waals surface area contributed by atoms with Crippen molar-refractivity contribution in [3.63, 3.8) is 0 Å². The van der Waals surface area contributed by atoms with Crippen LogP contribution in [-0.4, -0.2) is 35.6 Å². The number of nitrogens with zero attached hydrogens (tertiary/aromatic N) is 1. The van der Waals surface area contributed by atoms with E-state index in [1.807, 2.05) is 0 Å². The maximum atomic E-state index is 11.1. The molecule has 2 unspecified atom stereocenters. The van der Waals surface area contributed by atoms with E-state index in [0.717, 1.165) is 38.9 Å². The van der Waals surface area contributed by atoms with Crippen LogP contribution in [0.15, 0.2) is 0 Å². The van der Waals surface area contributed by atoms with Gasteiger partial charge in [0, 0.05) is 6.54 Å². The number of rotatable bonds is 5. The van der Waals surface area contributed by atoms with Gasteiger partial charge in [-0.1, -0.05) is 26.7 Å². The van der Waals surface area contributed by atoms with Crippen LogP contribution in [0, 0.1) is 11.8 Å². The third-order valence-corrected chi connectivity index (χ3v) is 3.61. The lowest BCUT2D eigenvalue weighted by Crippen LogP contribution is -2.37. The summed E-state index contributed by atoms with van der Waals surface area (Å²) in [5.41, 5.74) is 0. The smallest absolute Gasteiger partial charge is 0.306 e. The Morgan fingerprint density at radius 2 is 1.71 bits per heavy atom. The molecule has 0 bridgehead atoms. The Morgan fingerprint density at radius 3 is 2.18 bits per heavy atom. The molecule has 0 aromatic carbocycles. The molecule has 2 atom stereocenters. The Balaban J connectivity index is 0. The summed E-state index contributed by atoms with van der Waals surface area (Å²) in [6.07, 6.45) is 4.26. The van der Waals surface area contributed by atoms with Crippen LogP contribution in [0.1, 0.15) is 39.5 Å². The van der Waals surface area contributed by atoms with Crippen molar-refractivity contribution in [2.45, 2.75) is 39.5 Å². The van der Waals surface area contributed by atoms with Gasteiger partial charge in [-0.15, -0.1) is 24.8 Å². The van der Waals surface area contributed by atoms with E-state index in [-0.39, 0.29) is 30.7 Å². The summed E-state index contributed by atoms with van der Waals surface area (Å²) in [6.45, 7) is 7.30. The van der Waals surface area contributed by atoms with E-state index in [2.05, 4.69) is 18.7 Å². The summed E-state index contributed by atoms with van der Waals surface area (Å²) in [6, 6.07) is 0. The standard InChI is InChI=1S/C12H23NO2.2ClH/c1-3-13(4-2)9-10-7-5-6-8-11(10)12(14)15;;/h10-11H,3-9H2,1-2H3,(H,14,15);2*1H. The zero-order chi connectivity index (χ0) is 11.3. The molecule has 104 valence electrons. The zero-order valence-electron chi connectivity index (χ0n) is 10.7. The van der Waals surface area contributed by atoms with Gasteiger partial charge >= 0.3 is 5.97 Å². The minimum atomic E-state index is -0.591. The molecular weight excluding hydrogens is 261 g/mol. The van der Waals surface area contributed by atoms with Crippen LogP contribution in [0.25, 0.3) is 0 Å². The first kappa shape index (κ1) is 19.4. The first-order chi connectivity index (χ1) is 7.19. The number of carboxylic acid groups (broad SMARTS) is 1. The summed E-state index contributed by atoms with van der Waals surface area (Å²) < 4.78 is 0. The van der Waals surface area contributed by atoms with Gasteiger partial charge in [0.15, 0.2) is 0 Å². The van der Waals surface area contributed by atoms with Gasteiger partial charge < -0.3 is 10.0 Å². The number of halogens is 2. The van der Waals surface area contributed by atoms with Crippen molar-refractivity contribution in [3.05, 3.63) is 0 Å². The second-order valence-electron chi connectivity index (χ2n) is 4.48. The molecule has 1 aliphatic carbocycles. The van der Waals surface area contributed by atoms with E-state index in [0.29, 0.717) is 5.92 Å². The fourth-order valence-electron chi connectivity index (χ4n) is 2.56. The summed E-state index contributed by atoms with van der Waals surface area (Å²) in [7, 11) is 0. The van der Waals surface area contributed by atoms with Gasteiger partial charge in [0.25, 0.3) is 0 Å². The van der Waals surface area contributed by atoms with E-state index in [1.165, 1.54) is 6.42 Å². The van der Waals surface area contributed by atoms with Gasteiger partial charge in [0.2, 0.25) is 0 Å². The van der Waals surface area contributed by atoms with E-state index in [9.17, 15) is 4.79 Å². The summed E-state index contributed by atoms with van der Waals surface area (Å²) >= 11 is 0. The molecule has 5 heteroatoms. The molecule has 0 heterocycles. The van der Waals surface area contributed by atoms with Crippen LogP contribution >= 0.6 is 24.8 Å². The van der Waals surface area contributed by atoms with Gasteiger partial charge in [-0.25, -0.2) is 0 Å². The van der Waals surface area contributed by atoms with E-state index >= 15 is 0 Å². The second-order valence-corrected chi connectivity index (χ2v) is 4.48. The lowest BCUT2D eigenvalue weighted by atomic mass is 9.79. The van der Waals surface area contributed by atoms with Gasteiger partial charge in [0.05, 0.1) is 5.92 Å². The number of aliphatic carboxylic acids is 1. The molecular formula is C12H25Cl2NO2. The highest BCUT2D eigenvalue weighted by atomic mass is 35.5. The molecule has 0 saturated heterocycles. The second kappa shape index (κ2) is 9.98. The number of carboxylic acids is 1. The monoisotopic (exact) mass is 285 g/mol. The van der Waals surface area contributed by atoms with Crippen molar-refractivity contribution in [2.75, 3.05) is 19.6 Å². The van der Waals surface area contributed by atoms with Crippen LogP contribution in [0.4, 0.5) is 0 Å². The number of hydrogen-bond acceptors (Lipinski definition) is 2. The summed E-state index contributed by atoms with van der Waals surface area (Å²) in [5.74, 6) is -0.317. The zero-order valence-corrected chi connectivity index (χ0v) is 12.4. The molecule has 0 aromatic heterocycles. The van der Waals surface area contributed by atoms with E-state index in [1.54, 1.807) is 0 Å². The third kappa shape index (κ3) is 5.94. The fourth-order valence-corrected chi connectivity index (χ4v) is 2.56. The van der Waals surface area contributed by atoms with Crippen LogP contribution in [0.2, 0.25) is 0 Å². The average molecular weight is 286 g/mol. The first-order valence-electron chi connectivity index (χ1n) is 6.14. The third-order valence-electron chi connectivity index (χ3n) is 3.61. The summed E-state index contributed by atoms with van der Waals surface area (Å²) in [4.78, 5) is 13.4. The van der Waals surface area contributed by atoms with Gasteiger partial charge in [0.1, 0.15) is 0 Å². The SMILES string of the molecule is CCN(CC)CC1CCCCC1C(=O)O.Cl.Cl. The predicted molar refractivity (Wildman–Crippen MR) is 75.4 cm³/mol. The van der Waals surface area contributed by atoms with Crippen molar-refractivity contribution in [1.82, 2.24) is 4.90 Å². The molecule has 3 nitrogen and oxygen atoms in total. The highest BCUT2D eigenvalue weighted by Crippen LogP contribution is 2.30. The molecule has 0 aromatic rings. The Hall–Kier alpha value is 0.01000. The molecule has 1 N–H and O–H groups in total. The summed E-state index contributed by atoms with van der Waals surface area (Å²) in [5, 5.41) is 9.15. The number of carbonyl (C=O) groups is 1. The maximum absolute atomic E-state index is 11.1. The molecule has 1 aliphatic rings. The molecule has 0 amide bonds. The molecule has 0 aliphatic heterocycles. The van der Waals surface area contributed by atoms with Crippen LogP contribution in [-0.2, 0) is 4.79 Å². The number of hydrogen-bond donors (Lipinski definition) is 1. The molecule has 17 heavy (non-hydrogen) atoms. The molecule has 0 radical (unpaired) electrons. The fraction of sp³-hybridized carbons (Fsp3) is 0.917. The van der Waals surface area contributed by atoms with Crippen LogP contribution < -0.4 is 0 Å². The Kier molecular flexibility index (Phi) is 11.4. The van der Waals surface area contributed by atoms with E-state index < -0.39 is 5.97 Å². The van der Waals surface area contributed by atoms with Gasteiger partial charge in [-0.05, 0) is 31.8 Å². The Labute approximate surface area is 117 Å². The topological polar surface area (TPSA) is 40.5 Å². The quantitative estimate of drug-likeness (QED) is 0.844. The van der Waals surface area contributed by atoms with E-state index in [4.69, 9.17) is 5.11 Å². The van der Waals surface area contributed by atoms with Crippen LogP contribution in [0.3, 0.4) is 0 Å². The van der Waals surface area contributed by atoms with Crippen molar-refractivity contribution in [1.29, 1.82) is 0 Å². The van der Waals surface area contributed by atoms with Crippen molar-refractivity contribution in [3.8, 4) is 0 Å². The normalized spacial score (nSPS) is 23.7. The Morgan fingerprint density at radius 1 is 1.18 bits per heavy atom. The lowest BCUT2D eigenvalue weighted by Gasteiger charge is -2.32.